The first-order valence-electron chi connectivity index (χ1n) is 7.58. The molecular weight excluding hydrogens is 399 g/mol. The van der Waals surface area contributed by atoms with Gasteiger partial charge in [0.25, 0.3) is 0 Å². The average molecular weight is 424 g/mol. The van der Waals surface area contributed by atoms with E-state index in [2.05, 4.69) is 41.6 Å². The lowest BCUT2D eigenvalue weighted by Crippen LogP contribution is -2.31. The molecule has 0 aliphatic rings. The second kappa shape index (κ2) is 10.1. The van der Waals surface area contributed by atoms with Crippen LogP contribution in [0.4, 0.5) is 11.4 Å². The quantitative estimate of drug-likeness (QED) is 0.371. The highest BCUT2D eigenvalue weighted by atomic mass is 127. The highest BCUT2D eigenvalue weighted by molar-refractivity contribution is 14.0. The third kappa shape index (κ3) is 6.90. The molecule has 0 heterocycles. The Labute approximate surface area is 155 Å². The van der Waals surface area contributed by atoms with E-state index in [-0.39, 0.29) is 30.0 Å². The zero-order valence-electron chi connectivity index (χ0n) is 13.6. The molecule has 5 heteroatoms. The monoisotopic (exact) mass is 424 g/mol. The Morgan fingerprint density at radius 1 is 0.957 bits per heavy atom. The van der Waals surface area contributed by atoms with Gasteiger partial charge in [0.05, 0.1) is 6.54 Å². The zero-order chi connectivity index (χ0) is 15.8. The molecule has 2 aromatic rings. The number of benzene rings is 2. The predicted molar refractivity (Wildman–Crippen MR) is 111 cm³/mol. The molecular formula is C18H25IN4. The van der Waals surface area contributed by atoms with Crippen molar-refractivity contribution in [1.29, 1.82) is 0 Å². The third-order valence-corrected chi connectivity index (χ3v) is 3.44. The lowest BCUT2D eigenvalue weighted by molar-refractivity contribution is 0.532. The molecule has 0 amide bonds. The molecule has 2 rings (SSSR count). The molecule has 1 atom stereocenters. The van der Waals surface area contributed by atoms with Crippen LogP contribution in [0.25, 0.3) is 0 Å². The molecule has 4 nitrogen and oxygen atoms in total. The largest absolute Gasteiger partial charge is 0.380 e. The fourth-order valence-corrected chi connectivity index (χ4v) is 2.08. The highest BCUT2D eigenvalue weighted by Crippen LogP contribution is 2.12. The number of halogens is 1. The smallest absolute Gasteiger partial charge is 0.193 e. The van der Waals surface area contributed by atoms with Gasteiger partial charge in [0.15, 0.2) is 5.96 Å². The Bertz CT molecular complexity index is 584. The maximum Gasteiger partial charge on any atom is 0.193 e. The SMILES string of the molecule is CC(C)C(CN=C(N)Nc1ccccc1)Nc1ccccc1.I. The first-order valence-corrected chi connectivity index (χ1v) is 7.58. The number of hydrogen-bond donors (Lipinski definition) is 3. The van der Waals surface area contributed by atoms with Crippen molar-refractivity contribution in [3.05, 3.63) is 60.7 Å². The number of guanidine groups is 1. The molecule has 23 heavy (non-hydrogen) atoms. The minimum absolute atomic E-state index is 0. The van der Waals surface area contributed by atoms with Gasteiger partial charge in [0.2, 0.25) is 0 Å². The molecule has 0 fully saturated rings. The Balaban J connectivity index is 0.00000264. The van der Waals surface area contributed by atoms with E-state index in [1.54, 1.807) is 0 Å². The number of nitrogens with two attached hydrogens (primary N) is 1. The van der Waals surface area contributed by atoms with Gasteiger partial charge in [-0.05, 0) is 30.2 Å². The van der Waals surface area contributed by atoms with E-state index in [0.717, 1.165) is 11.4 Å². The minimum atomic E-state index is 0. The molecule has 0 radical (unpaired) electrons. The van der Waals surface area contributed by atoms with E-state index in [9.17, 15) is 0 Å². The summed E-state index contributed by atoms with van der Waals surface area (Å²) in [7, 11) is 0. The van der Waals surface area contributed by atoms with Gasteiger partial charge in [-0.2, -0.15) is 0 Å². The summed E-state index contributed by atoms with van der Waals surface area (Å²) < 4.78 is 0. The second-order valence-corrected chi connectivity index (χ2v) is 5.58. The summed E-state index contributed by atoms with van der Waals surface area (Å²) in [6.45, 7) is 4.98. The van der Waals surface area contributed by atoms with E-state index >= 15 is 0 Å². The number of aliphatic imine (C=N–C) groups is 1. The molecule has 1 unspecified atom stereocenters. The van der Waals surface area contributed by atoms with Crippen LogP contribution < -0.4 is 16.4 Å². The number of anilines is 2. The van der Waals surface area contributed by atoms with Gasteiger partial charge in [-0.25, -0.2) is 0 Å². The highest BCUT2D eigenvalue weighted by Gasteiger charge is 2.12. The van der Waals surface area contributed by atoms with Crippen molar-refractivity contribution < 1.29 is 0 Å². The van der Waals surface area contributed by atoms with Crippen molar-refractivity contribution in [3.8, 4) is 0 Å². The molecule has 0 spiro atoms. The van der Waals surface area contributed by atoms with Crippen LogP contribution in [0, 0.1) is 5.92 Å². The third-order valence-electron chi connectivity index (χ3n) is 3.44. The maximum absolute atomic E-state index is 5.96. The van der Waals surface area contributed by atoms with Gasteiger partial charge in [-0.3, -0.25) is 4.99 Å². The molecule has 0 saturated carbocycles. The summed E-state index contributed by atoms with van der Waals surface area (Å²) >= 11 is 0. The summed E-state index contributed by atoms with van der Waals surface area (Å²) in [4.78, 5) is 4.46. The lowest BCUT2D eigenvalue weighted by atomic mass is 10.0. The fraction of sp³-hybridized carbons (Fsp3) is 0.278. The first kappa shape index (κ1) is 19.3. The van der Waals surface area contributed by atoms with Gasteiger partial charge >= 0.3 is 0 Å². The van der Waals surface area contributed by atoms with Crippen molar-refractivity contribution in [3.63, 3.8) is 0 Å². The normalized spacial score (nSPS) is 12.4. The van der Waals surface area contributed by atoms with E-state index in [1.807, 2.05) is 48.5 Å². The summed E-state index contributed by atoms with van der Waals surface area (Å²) in [6, 6.07) is 20.2. The molecule has 2 aromatic carbocycles. The molecule has 0 aliphatic carbocycles. The van der Waals surface area contributed by atoms with Crippen LogP contribution in [0.5, 0.6) is 0 Å². The summed E-state index contributed by atoms with van der Waals surface area (Å²) in [5, 5.41) is 6.61. The fourth-order valence-electron chi connectivity index (χ4n) is 2.08. The Morgan fingerprint density at radius 3 is 2.00 bits per heavy atom. The molecule has 0 bridgehead atoms. The molecule has 4 N–H and O–H groups in total. The van der Waals surface area contributed by atoms with Crippen molar-refractivity contribution >= 4 is 41.3 Å². The van der Waals surface area contributed by atoms with Crippen molar-refractivity contribution in [2.75, 3.05) is 17.2 Å². The summed E-state index contributed by atoms with van der Waals surface area (Å²) in [6.07, 6.45) is 0. The number of nitrogens with one attached hydrogen (secondary N) is 2. The standard InChI is InChI=1S/C18H24N4.HI/c1-14(2)17(21-15-9-5-3-6-10-15)13-20-18(19)22-16-11-7-4-8-12-16;/h3-12,14,17,21H,13H2,1-2H3,(H3,19,20,22);1H. The van der Waals surface area contributed by atoms with Crippen LogP contribution in [0.15, 0.2) is 65.7 Å². The van der Waals surface area contributed by atoms with Crippen LogP contribution in [-0.4, -0.2) is 18.5 Å². The Kier molecular flexibility index (Phi) is 8.47. The second-order valence-electron chi connectivity index (χ2n) is 5.58. The predicted octanol–water partition coefficient (Wildman–Crippen LogP) is 4.17. The van der Waals surface area contributed by atoms with Crippen LogP contribution in [0.1, 0.15) is 13.8 Å². The van der Waals surface area contributed by atoms with Crippen LogP contribution in [0.3, 0.4) is 0 Å². The van der Waals surface area contributed by atoms with Crippen molar-refractivity contribution in [2.24, 2.45) is 16.6 Å². The van der Waals surface area contributed by atoms with E-state index in [4.69, 9.17) is 5.73 Å². The van der Waals surface area contributed by atoms with Gasteiger partial charge in [-0.1, -0.05) is 50.2 Å². The van der Waals surface area contributed by atoms with Crippen molar-refractivity contribution in [1.82, 2.24) is 0 Å². The summed E-state index contributed by atoms with van der Waals surface area (Å²) in [5.74, 6) is 0.889. The van der Waals surface area contributed by atoms with Gasteiger partial charge in [0, 0.05) is 17.4 Å². The van der Waals surface area contributed by atoms with Crippen LogP contribution in [-0.2, 0) is 0 Å². The number of hydrogen-bond acceptors (Lipinski definition) is 2. The maximum atomic E-state index is 5.96. The summed E-state index contributed by atoms with van der Waals surface area (Å²) in [5.41, 5.74) is 8.01. The van der Waals surface area contributed by atoms with Gasteiger partial charge in [0.1, 0.15) is 0 Å². The van der Waals surface area contributed by atoms with E-state index < -0.39 is 0 Å². The first-order chi connectivity index (χ1) is 10.6. The number of rotatable bonds is 6. The average Bonchev–Trinajstić information content (AvgIpc) is 2.53. The van der Waals surface area contributed by atoms with Gasteiger partial charge < -0.3 is 16.4 Å². The van der Waals surface area contributed by atoms with E-state index in [1.165, 1.54) is 0 Å². The topological polar surface area (TPSA) is 62.4 Å². The number of para-hydroxylation sites is 2. The van der Waals surface area contributed by atoms with Crippen LogP contribution >= 0.6 is 24.0 Å². The molecule has 0 aliphatic heterocycles. The van der Waals surface area contributed by atoms with Gasteiger partial charge in [-0.15, -0.1) is 24.0 Å². The zero-order valence-corrected chi connectivity index (χ0v) is 15.9. The molecule has 0 saturated heterocycles. The molecule has 124 valence electrons. The molecule has 0 aromatic heterocycles. The minimum Gasteiger partial charge on any atom is -0.380 e. The Hall–Kier alpha value is -1.76. The van der Waals surface area contributed by atoms with Crippen LogP contribution in [0.2, 0.25) is 0 Å². The number of nitrogens with zero attached hydrogens (tertiary/aromatic N) is 1. The Morgan fingerprint density at radius 2 is 1.48 bits per heavy atom. The van der Waals surface area contributed by atoms with E-state index in [0.29, 0.717) is 18.4 Å². The van der Waals surface area contributed by atoms with Crippen molar-refractivity contribution in [2.45, 2.75) is 19.9 Å². The lowest BCUT2D eigenvalue weighted by Gasteiger charge is -2.22.